The van der Waals surface area contributed by atoms with Gasteiger partial charge in [-0.15, -0.1) is 0 Å². The molecule has 1 aromatic rings. The molecule has 3 rings (SSSR count). The molecule has 0 amide bonds. The second-order valence-corrected chi connectivity index (χ2v) is 9.09. The van der Waals surface area contributed by atoms with E-state index in [0.29, 0.717) is 23.7 Å². The van der Waals surface area contributed by atoms with E-state index in [2.05, 4.69) is 17.0 Å². The molecule has 128 valence electrons. The van der Waals surface area contributed by atoms with E-state index in [9.17, 15) is 8.42 Å². The van der Waals surface area contributed by atoms with Gasteiger partial charge in [-0.25, -0.2) is 13.1 Å². The second kappa shape index (κ2) is 6.24. The van der Waals surface area contributed by atoms with Gasteiger partial charge in [-0.2, -0.15) is 0 Å². The van der Waals surface area contributed by atoms with Crippen molar-refractivity contribution in [3.05, 3.63) is 22.7 Å². The van der Waals surface area contributed by atoms with Gasteiger partial charge >= 0.3 is 0 Å². The van der Waals surface area contributed by atoms with Crippen molar-refractivity contribution in [2.24, 2.45) is 5.41 Å². The lowest BCUT2D eigenvalue weighted by molar-refractivity contribution is 0.232. The molecular weight excluding hydrogens is 336 g/mol. The quantitative estimate of drug-likeness (QED) is 0.866. The molecular formula is C16H23ClN2O3S. The molecule has 2 N–H and O–H groups in total. The van der Waals surface area contributed by atoms with Crippen LogP contribution in [0.1, 0.15) is 32.3 Å². The van der Waals surface area contributed by atoms with Crippen molar-refractivity contribution in [3.63, 3.8) is 0 Å². The number of benzene rings is 1. The lowest BCUT2D eigenvalue weighted by atomic mass is 9.81. The molecule has 23 heavy (non-hydrogen) atoms. The number of hydrogen-bond acceptors (Lipinski definition) is 4. The van der Waals surface area contributed by atoms with Gasteiger partial charge in [0.2, 0.25) is 10.0 Å². The normalized spacial score (nSPS) is 23.3. The second-order valence-electron chi connectivity index (χ2n) is 6.91. The molecule has 1 aromatic carbocycles. The number of fused-ring (bicyclic) bond motifs is 1. The van der Waals surface area contributed by atoms with E-state index in [-0.39, 0.29) is 16.4 Å². The molecule has 0 radical (unpaired) electrons. The fraction of sp³-hybridized carbons (Fsp3) is 0.625. The lowest BCUT2D eigenvalue weighted by Gasteiger charge is -2.34. The molecule has 2 heterocycles. The predicted octanol–water partition coefficient (Wildman–Crippen LogP) is 2.33. The largest absolute Gasteiger partial charge is 0.489 e. The first kappa shape index (κ1) is 17.0. The van der Waals surface area contributed by atoms with Gasteiger partial charge in [0.15, 0.2) is 0 Å². The maximum absolute atomic E-state index is 12.6. The third-order valence-corrected chi connectivity index (χ3v) is 6.39. The van der Waals surface area contributed by atoms with Crippen molar-refractivity contribution in [1.29, 1.82) is 0 Å². The molecule has 2 aliphatic heterocycles. The highest BCUT2D eigenvalue weighted by Gasteiger charge is 2.30. The highest BCUT2D eigenvalue weighted by molar-refractivity contribution is 7.89. The Balaban J connectivity index is 1.78. The topological polar surface area (TPSA) is 67.4 Å². The van der Waals surface area contributed by atoms with Crippen LogP contribution in [0.4, 0.5) is 0 Å². The van der Waals surface area contributed by atoms with Crippen molar-refractivity contribution in [1.82, 2.24) is 10.0 Å². The minimum absolute atomic E-state index is 0.00350. The molecule has 5 nitrogen and oxygen atoms in total. The van der Waals surface area contributed by atoms with Crippen LogP contribution in [0.25, 0.3) is 0 Å². The van der Waals surface area contributed by atoms with Crippen LogP contribution in [0.2, 0.25) is 5.02 Å². The molecule has 7 heteroatoms. The summed E-state index contributed by atoms with van der Waals surface area (Å²) in [7, 11) is -3.57. The maximum Gasteiger partial charge on any atom is 0.240 e. The van der Waals surface area contributed by atoms with E-state index in [4.69, 9.17) is 16.3 Å². The van der Waals surface area contributed by atoms with Gasteiger partial charge < -0.3 is 10.1 Å². The fourth-order valence-electron chi connectivity index (χ4n) is 3.17. The van der Waals surface area contributed by atoms with Crippen LogP contribution < -0.4 is 14.8 Å². The number of sulfonamides is 1. The van der Waals surface area contributed by atoms with E-state index in [1.807, 2.05) is 6.92 Å². The number of halogens is 1. The Bertz CT molecular complexity index is 700. The molecule has 1 unspecified atom stereocenters. The predicted molar refractivity (Wildman–Crippen MR) is 90.6 cm³/mol. The summed E-state index contributed by atoms with van der Waals surface area (Å²) in [5.74, 6) is 0.614. The number of rotatable bonds is 4. The van der Waals surface area contributed by atoms with Gasteiger partial charge in [-0.1, -0.05) is 18.5 Å². The molecule has 2 aliphatic rings. The summed E-state index contributed by atoms with van der Waals surface area (Å²) < 4.78 is 33.6. The molecule has 0 saturated carbocycles. The number of hydrogen-bond donors (Lipinski definition) is 2. The summed E-state index contributed by atoms with van der Waals surface area (Å²) in [6, 6.07) is 3.16. The van der Waals surface area contributed by atoms with E-state index in [0.717, 1.165) is 31.5 Å². The van der Waals surface area contributed by atoms with Crippen molar-refractivity contribution >= 4 is 21.6 Å². The minimum Gasteiger partial charge on any atom is -0.489 e. The summed E-state index contributed by atoms with van der Waals surface area (Å²) in [5.41, 5.74) is 0.856. The number of piperidine rings is 1. The van der Waals surface area contributed by atoms with Crippen LogP contribution in [-0.4, -0.2) is 34.2 Å². The van der Waals surface area contributed by atoms with Crippen LogP contribution in [-0.2, 0) is 16.4 Å². The SMILES string of the molecule is CC1Cc2cc(S(=O)(=O)NCC3(C)CCNCC3)cc(Cl)c2O1. The van der Waals surface area contributed by atoms with Gasteiger partial charge in [-0.05, 0) is 50.4 Å². The Hall–Kier alpha value is -0.820. The Labute approximate surface area is 142 Å². The summed E-state index contributed by atoms with van der Waals surface area (Å²) in [6.45, 7) is 6.37. The van der Waals surface area contributed by atoms with Crippen molar-refractivity contribution < 1.29 is 13.2 Å². The summed E-state index contributed by atoms with van der Waals surface area (Å²) in [5, 5.41) is 3.66. The molecule has 1 saturated heterocycles. The summed E-state index contributed by atoms with van der Waals surface area (Å²) >= 11 is 6.20. The van der Waals surface area contributed by atoms with Crippen LogP contribution in [0.5, 0.6) is 5.75 Å². The van der Waals surface area contributed by atoms with Crippen LogP contribution in [0, 0.1) is 5.41 Å². The number of nitrogens with one attached hydrogen (secondary N) is 2. The van der Waals surface area contributed by atoms with E-state index >= 15 is 0 Å². The van der Waals surface area contributed by atoms with E-state index in [1.54, 1.807) is 6.07 Å². The average molecular weight is 359 g/mol. The lowest BCUT2D eigenvalue weighted by Crippen LogP contribution is -2.42. The van der Waals surface area contributed by atoms with Gasteiger partial charge in [0.25, 0.3) is 0 Å². The summed E-state index contributed by atoms with van der Waals surface area (Å²) in [6.07, 6.45) is 2.64. The molecule has 0 bridgehead atoms. The third-order valence-electron chi connectivity index (χ3n) is 4.73. The highest BCUT2D eigenvalue weighted by Crippen LogP contribution is 2.38. The van der Waals surface area contributed by atoms with Gasteiger partial charge in [0, 0.05) is 18.5 Å². The van der Waals surface area contributed by atoms with Crippen molar-refractivity contribution in [2.45, 2.75) is 44.1 Å². The minimum atomic E-state index is -3.57. The van der Waals surface area contributed by atoms with Crippen LogP contribution in [0.3, 0.4) is 0 Å². The third kappa shape index (κ3) is 3.65. The van der Waals surface area contributed by atoms with Gasteiger partial charge in [0.05, 0.1) is 9.92 Å². The van der Waals surface area contributed by atoms with E-state index in [1.165, 1.54) is 6.07 Å². The Kier molecular flexibility index (Phi) is 4.62. The van der Waals surface area contributed by atoms with Crippen molar-refractivity contribution in [2.75, 3.05) is 19.6 Å². The Morgan fingerprint density at radius 1 is 1.39 bits per heavy atom. The molecule has 0 aliphatic carbocycles. The Morgan fingerprint density at radius 2 is 2.09 bits per heavy atom. The first-order valence-electron chi connectivity index (χ1n) is 7.99. The first-order valence-corrected chi connectivity index (χ1v) is 9.85. The monoisotopic (exact) mass is 358 g/mol. The highest BCUT2D eigenvalue weighted by atomic mass is 35.5. The van der Waals surface area contributed by atoms with Gasteiger partial charge in [0.1, 0.15) is 11.9 Å². The molecule has 1 fully saturated rings. The van der Waals surface area contributed by atoms with Gasteiger partial charge in [-0.3, -0.25) is 0 Å². The zero-order valence-corrected chi connectivity index (χ0v) is 15.1. The van der Waals surface area contributed by atoms with Crippen LogP contribution >= 0.6 is 11.6 Å². The average Bonchev–Trinajstić information content (AvgIpc) is 2.87. The van der Waals surface area contributed by atoms with E-state index < -0.39 is 10.0 Å². The van der Waals surface area contributed by atoms with Crippen molar-refractivity contribution in [3.8, 4) is 5.75 Å². The summed E-state index contributed by atoms with van der Waals surface area (Å²) in [4.78, 5) is 0.219. The number of ether oxygens (including phenoxy) is 1. The molecule has 1 atom stereocenters. The first-order chi connectivity index (χ1) is 10.8. The smallest absolute Gasteiger partial charge is 0.240 e. The van der Waals surface area contributed by atoms with Crippen LogP contribution in [0.15, 0.2) is 17.0 Å². The zero-order valence-electron chi connectivity index (χ0n) is 13.5. The fourth-order valence-corrected chi connectivity index (χ4v) is 4.80. The Morgan fingerprint density at radius 3 is 2.78 bits per heavy atom. The standard InChI is InChI=1S/C16H23ClN2O3S/c1-11-7-12-8-13(9-14(17)15(12)22-11)23(20,21)19-10-16(2)3-5-18-6-4-16/h8-9,11,18-19H,3-7,10H2,1-2H3. The molecule has 0 aromatic heterocycles. The maximum atomic E-state index is 12.6. The zero-order chi connectivity index (χ0) is 16.7. The molecule has 0 spiro atoms.